The van der Waals surface area contributed by atoms with Crippen molar-refractivity contribution in [2.45, 2.75) is 19.0 Å². The van der Waals surface area contributed by atoms with Crippen LogP contribution in [0.25, 0.3) is 0 Å². The minimum absolute atomic E-state index is 0.0733. The van der Waals surface area contributed by atoms with Gasteiger partial charge in [-0.1, -0.05) is 48.0 Å². The van der Waals surface area contributed by atoms with Gasteiger partial charge in [-0.05, 0) is 35.2 Å². The molecule has 4 rings (SSSR count). The van der Waals surface area contributed by atoms with Crippen LogP contribution >= 0.6 is 22.9 Å². The molecule has 27 heavy (non-hydrogen) atoms. The van der Waals surface area contributed by atoms with Gasteiger partial charge in [-0.3, -0.25) is 4.79 Å². The Bertz CT molecular complexity index is 926. The molecule has 3 nitrogen and oxygen atoms in total. The highest BCUT2D eigenvalue weighted by molar-refractivity contribution is 7.10. The summed E-state index contributed by atoms with van der Waals surface area (Å²) in [5.41, 5.74) is 3.47. The van der Waals surface area contributed by atoms with Crippen molar-refractivity contribution < 1.29 is 9.69 Å². The minimum Gasteiger partial charge on any atom is -0.346 e. The van der Waals surface area contributed by atoms with E-state index in [4.69, 9.17) is 11.6 Å². The second-order valence-electron chi connectivity index (χ2n) is 6.89. The first-order valence-electron chi connectivity index (χ1n) is 9.19. The number of quaternary nitrogens is 1. The minimum atomic E-state index is -0.0733. The first kappa shape index (κ1) is 18.2. The number of benzene rings is 2. The average Bonchev–Trinajstić information content (AvgIpc) is 3.22. The van der Waals surface area contributed by atoms with Gasteiger partial charge >= 0.3 is 0 Å². The maximum Gasteiger partial charge on any atom is 0.251 e. The molecule has 1 aliphatic heterocycles. The van der Waals surface area contributed by atoms with Gasteiger partial charge in [0.05, 0.1) is 18.0 Å². The van der Waals surface area contributed by atoms with Crippen LogP contribution in [0.1, 0.15) is 32.4 Å². The van der Waals surface area contributed by atoms with Gasteiger partial charge in [0.2, 0.25) is 0 Å². The van der Waals surface area contributed by atoms with Crippen LogP contribution in [0.3, 0.4) is 0 Å². The van der Waals surface area contributed by atoms with Crippen molar-refractivity contribution in [3.63, 3.8) is 0 Å². The normalized spacial score (nSPS) is 17.1. The van der Waals surface area contributed by atoms with Gasteiger partial charge in [0.15, 0.2) is 0 Å². The van der Waals surface area contributed by atoms with Gasteiger partial charge in [-0.2, -0.15) is 0 Å². The molecule has 0 spiro atoms. The van der Waals surface area contributed by atoms with E-state index >= 15 is 0 Å². The Labute approximate surface area is 168 Å². The Morgan fingerprint density at radius 2 is 1.96 bits per heavy atom. The highest BCUT2D eigenvalue weighted by Gasteiger charge is 2.29. The summed E-state index contributed by atoms with van der Waals surface area (Å²) in [6.07, 6.45) is 1.08. The molecule has 0 radical (unpaired) electrons. The molecule has 0 fully saturated rings. The van der Waals surface area contributed by atoms with Crippen LogP contribution in [-0.4, -0.2) is 19.0 Å². The first-order chi connectivity index (χ1) is 13.2. The van der Waals surface area contributed by atoms with E-state index < -0.39 is 0 Å². The predicted octanol–water partition coefficient (Wildman–Crippen LogP) is 3.51. The molecule has 5 heteroatoms. The number of hydrogen-bond acceptors (Lipinski definition) is 2. The zero-order chi connectivity index (χ0) is 18.6. The molecule has 0 bridgehead atoms. The third-order valence-corrected chi connectivity index (χ3v) is 6.41. The van der Waals surface area contributed by atoms with Crippen molar-refractivity contribution in [3.05, 3.63) is 92.6 Å². The van der Waals surface area contributed by atoms with Crippen LogP contribution in [0.15, 0.2) is 66.0 Å². The molecule has 2 aromatic carbocycles. The number of carbonyl (C=O) groups is 1. The van der Waals surface area contributed by atoms with Gasteiger partial charge in [0.25, 0.3) is 5.91 Å². The second kappa shape index (κ2) is 8.26. The monoisotopic (exact) mass is 397 g/mol. The lowest BCUT2D eigenvalue weighted by atomic mass is 9.98. The number of halogens is 1. The molecule has 2 atom stereocenters. The second-order valence-corrected chi connectivity index (χ2v) is 8.31. The van der Waals surface area contributed by atoms with Crippen molar-refractivity contribution in [3.8, 4) is 0 Å². The van der Waals surface area contributed by atoms with E-state index in [1.165, 1.54) is 20.9 Å². The highest BCUT2D eigenvalue weighted by Crippen LogP contribution is 2.19. The van der Waals surface area contributed by atoms with E-state index in [9.17, 15) is 4.79 Å². The number of carbonyl (C=O) groups excluding carboxylic acids is 1. The molecule has 1 unspecified atom stereocenters. The Morgan fingerprint density at radius 3 is 2.74 bits per heavy atom. The summed E-state index contributed by atoms with van der Waals surface area (Å²) in [6.45, 7) is 2.68. The SMILES string of the molecule is O=C(NC[C@H](c1cccs1)[NH+]1CCc2ccccc2C1)c1cccc(Cl)c1. The van der Waals surface area contributed by atoms with Gasteiger partial charge in [-0.25, -0.2) is 0 Å². The first-order valence-corrected chi connectivity index (χ1v) is 10.4. The van der Waals surface area contributed by atoms with Gasteiger partial charge < -0.3 is 10.2 Å². The summed E-state index contributed by atoms with van der Waals surface area (Å²) in [4.78, 5) is 15.4. The van der Waals surface area contributed by atoms with Crippen molar-refractivity contribution >= 4 is 28.8 Å². The Balaban J connectivity index is 1.50. The van der Waals surface area contributed by atoms with Crippen LogP contribution in [0, 0.1) is 0 Å². The Hall–Kier alpha value is -2.14. The number of nitrogens with one attached hydrogen (secondary N) is 2. The fourth-order valence-electron chi connectivity index (χ4n) is 3.76. The van der Waals surface area contributed by atoms with Crippen LogP contribution in [0.4, 0.5) is 0 Å². The molecule has 1 aromatic heterocycles. The van der Waals surface area contributed by atoms with Crippen molar-refractivity contribution in [1.82, 2.24) is 5.32 Å². The number of fused-ring (bicyclic) bond motifs is 1. The summed E-state index contributed by atoms with van der Waals surface area (Å²) in [5.74, 6) is -0.0733. The number of thiophene rings is 1. The summed E-state index contributed by atoms with van der Waals surface area (Å²) in [5, 5.41) is 5.81. The lowest BCUT2D eigenvalue weighted by Gasteiger charge is -2.32. The highest BCUT2D eigenvalue weighted by atomic mass is 35.5. The summed E-state index contributed by atoms with van der Waals surface area (Å²) < 4.78 is 0. The van der Waals surface area contributed by atoms with Gasteiger partial charge in [-0.15, -0.1) is 11.3 Å². The topological polar surface area (TPSA) is 33.5 Å². The molecule has 1 aliphatic rings. The van der Waals surface area contributed by atoms with Crippen LogP contribution in [0.5, 0.6) is 0 Å². The van der Waals surface area contributed by atoms with E-state index in [2.05, 4.69) is 47.1 Å². The maximum atomic E-state index is 12.6. The van der Waals surface area contributed by atoms with E-state index in [-0.39, 0.29) is 11.9 Å². The van der Waals surface area contributed by atoms with Crippen LogP contribution in [0.2, 0.25) is 5.02 Å². The molecular weight excluding hydrogens is 376 g/mol. The van der Waals surface area contributed by atoms with E-state index in [1.54, 1.807) is 35.6 Å². The van der Waals surface area contributed by atoms with E-state index in [0.717, 1.165) is 19.5 Å². The molecular formula is C22H22ClN2OS+. The third-order valence-electron chi connectivity index (χ3n) is 5.18. The van der Waals surface area contributed by atoms with E-state index in [0.29, 0.717) is 17.1 Å². The maximum absolute atomic E-state index is 12.6. The molecule has 0 saturated heterocycles. The summed E-state index contributed by atoms with van der Waals surface area (Å²) >= 11 is 7.78. The molecule has 1 amide bonds. The predicted molar refractivity (Wildman–Crippen MR) is 111 cm³/mol. The standard InChI is InChI=1S/C22H21ClN2OS/c23-19-8-3-7-17(13-19)22(26)24-14-20(21-9-4-12-27-21)25-11-10-16-5-1-2-6-18(16)15-25/h1-9,12-13,20H,10-11,14-15H2,(H,24,26)/p+1/t20-/m1/s1. The Morgan fingerprint density at radius 1 is 1.11 bits per heavy atom. The third kappa shape index (κ3) is 4.24. The van der Waals surface area contributed by atoms with Crippen molar-refractivity contribution in [2.24, 2.45) is 0 Å². The smallest absolute Gasteiger partial charge is 0.251 e. The zero-order valence-electron chi connectivity index (χ0n) is 15.0. The number of rotatable bonds is 5. The number of amides is 1. The molecule has 2 N–H and O–H groups in total. The molecule has 0 saturated carbocycles. The fourth-order valence-corrected chi connectivity index (χ4v) is 4.84. The van der Waals surface area contributed by atoms with Crippen molar-refractivity contribution in [2.75, 3.05) is 13.1 Å². The average molecular weight is 398 g/mol. The van der Waals surface area contributed by atoms with Crippen LogP contribution < -0.4 is 10.2 Å². The summed E-state index contributed by atoms with van der Waals surface area (Å²) in [7, 11) is 0. The van der Waals surface area contributed by atoms with Crippen LogP contribution in [-0.2, 0) is 13.0 Å². The Kier molecular flexibility index (Phi) is 5.58. The van der Waals surface area contributed by atoms with E-state index in [1.807, 2.05) is 0 Å². The number of hydrogen-bond donors (Lipinski definition) is 2. The molecule has 2 heterocycles. The lowest BCUT2D eigenvalue weighted by molar-refractivity contribution is -0.945. The van der Waals surface area contributed by atoms with Crippen molar-refractivity contribution in [1.29, 1.82) is 0 Å². The fraction of sp³-hybridized carbons (Fsp3) is 0.227. The quantitative estimate of drug-likeness (QED) is 0.678. The molecule has 0 aliphatic carbocycles. The summed E-state index contributed by atoms with van der Waals surface area (Å²) in [6, 6.07) is 20.3. The van der Waals surface area contributed by atoms with Gasteiger partial charge in [0, 0.05) is 22.6 Å². The largest absolute Gasteiger partial charge is 0.346 e. The molecule has 3 aromatic rings. The van der Waals surface area contributed by atoms with Gasteiger partial charge in [0.1, 0.15) is 12.6 Å². The molecule has 138 valence electrons. The lowest BCUT2D eigenvalue weighted by Crippen LogP contribution is -3.12. The zero-order valence-corrected chi connectivity index (χ0v) is 16.5.